The zero-order valence-corrected chi connectivity index (χ0v) is 11.6. The third-order valence-electron chi connectivity index (χ3n) is 3.62. The summed E-state index contributed by atoms with van der Waals surface area (Å²) in [5, 5.41) is 12.8. The van der Waals surface area contributed by atoms with Crippen molar-refractivity contribution >= 4 is 11.6 Å². The molecule has 5 nitrogen and oxygen atoms in total. The van der Waals surface area contributed by atoms with Gasteiger partial charge in [-0.2, -0.15) is 0 Å². The van der Waals surface area contributed by atoms with Crippen molar-refractivity contribution in [2.24, 2.45) is 5.73 Å². The van der Waals surface area contributed by atoms with E-state index in [-0.39, 0.29) is 11.8 Å². The van der Waals surface area contributed by atoms with Crippen molar-refractivity contribution in [1.29, 1.82) is 0 Å². The van der Waals surface area contributed by atoms with Gasteiger partial charge in [0.2, 0.25) is 5.91 Å². The van der Waals surface area contributed by atoms with Crippen molar-refractivity contribution in [1.82, 2.24) is 0 Å². The number of carbonyl (C=O) groups excluding carboxylic acids is 1. The van der Waals surface area contributed by atoms with Gasteiger partial charge in [0.25, 0.3) is 0 Å². The highest BCUT2D eigenvalue weighted by Crippen LogP contribution is 2.37. The van der Waals surface area contributed by atoms with Crippen LogP contribution in [0, 0.1) is 6.92 Å². The number of carbonyl (C=O) groups is 1. The van der Waals surface area contributed by atoms with Gasteiger partial charge in [-0.25, -0.2) is 0 Å². The minimum atomic E-state index is -0.435. The molecule has 0 aliphatic carbocycles. The maximum atomic E-state index is 11.2. The molecule has 0 saturated carbocycles. The summed E-state index contributed by atoms with van der Waals surface area (Å²) >= 11 is 0. The van der Waals surface area contributed by atoms with Crippen LogP contribution in [0.3, 0.4) is 0 Å². The van der Waals surface area contributed by atoms with Gasteiger partial charge in [-0.05, 0) is 42.8 Å². The van der Waals surface area contributed by atoms with E-state index < -0.39 is 5.91 Å². The third kappa shape index (κ3) is 2.50. The summed E-state index contributed by atoms with van der Waals surface area (Å²) in [6.07, 6.45) is 0. The molecular formula is C16H16N2O3. The van der Waals surface area contributed by atoms with Crippen molar-refractivity contribution in [3.8, 4) is 11.5 Å². The zero-order valence-electron chi connectivity index (χ0n) is 11.6. The van der Waals surface area contributed by atoms with E-state index in [1.54, 1.807) is 24.3 Å². The van der Waals surface area contributed by atoms with Crippen LogP contribution in [0.2, 0.25) is 0 Å². The Morgan fingerprint density at radius 2 is 2.14 bits per heavy atom. The Hall–Kier alpha value is -2.69. The summed E-state index contributed by atoms with van der Waals surface area (Å²) in [6, 6.07) is 10.4. The molecule has 4 N–H and O–H groups in total. The number of phenols is 1. The van der Waals surface area contributed by atoms with Crippen LogP contribution in [0.15, 0.2) is 36.4 Å². The smallest absolute Gasteiger partial charge is 0.248 e. The molecule has 108 valence electrons. The van der Waals surface area contributed by atoms with Gasteiger partial charge in [-0.15, -0.1) is 0 Å². The van der Waals surface area contributed by atoms with E-state index in [9.17, 15) is 9.90 Å². The van der Waals surface area contributed by atoms with Gasteiger partial charge in [0, 0.05) is 22.9 Å². The van der Waals surface area contributed by atoms with Crippen molar-refractivity contribution < 1.29 is 14.6 Å². The number of aryl methyl sites for hydroxylation is 1. The second kappa shape index (κ2) is 5.01. The maximum Gasteiger partial charge on any atom is 0.248 e. The molecule has 0 spiro atoms. The fourth-order valence-corrected chi connectivity index (χ4v) is 2.48. The highest BCUT2D eigenvalue weighted by molar-refractivity contribution is 5.93. The monoisotopic (exact) mass is 284 g/mol. The molecule has 2 aromatic carbocycles. The topological polar surface area (TPSA) is 84.6 Å². The molecule has 1 aliphatic rings. The van der Waals surface area contributed by atoms with Gasteiger partial charge in [-0.3, -0.25) is 4.79 Å². The lowest BCUT2D eigenvalue weighted by atomic mass is 10.1. The average molecular weight is 284 g/mol. The van der Waals surface area contributed by atoms with E-state index in [1.807, 2.05) is 19.1 Å². The SMILES string of the molecule is Cc1cc(C(N)=O)ccc1NC1COc2cc(O)ccc21. The Bertz CT molecular complexity index is 713. The third-order valence-corrected chi connectivity index (χ3v) is 3.62. The predicted molar refractivity (Wildman–Crippen MR) is 79.7 cm³/mol. The van der Waals surface area contributed by atoms with Crippen molar-refractivity contribution in [2.75, 3.05) is 11.9 Å². The Labute approximate surface area is 122 Å². The van der Waals surface area contributed by atoms with Crippen LogP contribution in [0.1, 0.15) is 27.5 Å². The van der Waals surface area contributed by atoms with Gasteiger partial charge in [0.05, 0.1) is 6.04 Å². The van der Waals surface area contributed by atoms with Crippen LogP contribution in [-0.4, -0.2) is 17.6 Å². The van der Waals surface area contributed by atoms with E-state index >= 15 is 0 Å². The lowest BCUT2D eigenvalue weighted by Gasteiger charge is -2.16. The Morgan fingerprint density at radius 1 is 1.33 bits per heavy atom. The van der Waals surface area contributed by atoms with Crippen LogP contribution < -0.4 is 15.8 Å². The number of hydrogen-bond acceptors (Lipinski definition) is 4. The lowest BCUT2D eigenvalue weighted by Crippen LogP contribution is -2.14. The summed E-state index contributed by atoms with van der Waals surface area (Å²) in [4.78, 5) is 11.2. The number of primary amides is 1. The van der Waals surface area contributed by atoms with Crippen molar-refractivity contribution in [3.63, 3.8) is 0 Å². The molecule has 0 saturated heterocycles. The highest BCUT2D eigenvalue weighted by Gasteiger charge is 2.24. The number of benzene rings is 2. The Balaban J connectivity index is 1.84. The normalized spacial score (nSPS) is 16.1. The number of nitrogens with one attached hydrogen (secondary N) is 1. The molecule has 1 aliphatic heterocycles. The second-order valence-electron chi connectivity index (χ2n) is 5.12. The molecule has 1 heterocycles. The number of aromatic hydroxyl groups is 1. The molecule has 0 bridgehead atoms. The van der Waals surface area contributed by atoms with Crippen LogP contribution in [0.4, 0.5) is 5.69 Å². The number of phenolic OH excluding ortho intramolecular Hbond substituents is 1. The molecule has 2 aromatic rings. The summed E-state index contributed by atoms with van der Waals surface area (Å²) in [5.74, 6) is 0.449. The number of nitrogens with two attached hydrogens (primary N) is 1. The number of ether oxygens (including phenoxy) is 1. The molecule has 1 atom stereocenters. The summed E-state index contributed by atoms with van der Waals surface area (Å²) in [7, 11) is 0. The van der Waals surface area contributed by atoms with Gasteiger partial charge in [-0.1, -0.05) is 0 Å². The molecule has 0 aromatic heterocycles. The number of amides is 1. The van der Waals surface area contributed by atoms with E-state index in [4.69, 9.17) is 10.5 Å². The molecular weight excluding hydrogens is 268 g/mol. The maximum absolute atomic E-state index is 11.2. The van der Waals surface area contributed by atoms with E-state index in [0.29, 0.717) is 17.9 Å². The van der Waals surface area contributed by atoms with Gasteiger partial charge in [0.15, 0.2) is 0 Å². The van der Waals surface area contributed by atoms with Crippen molar-refractivity contribution in [2.45, 2.75) is 13.0 Å². The Morgan fingerprint density at radius 3 is 2.86 bits per heavy atom. The number of hydrogen-bond donors (Lipinski definition) is 3. The first-order chi connectivity index (χ1) is 10.0. The summed E-state index contributed by atoms with van der Waals surface area (Å²) in [6.45, 7) is 2.41. The molecule has 0 radical (unpaired) electrons. The zero-order chi connectivity index (χ0) is 15.0. The fraction of sp³-hybridized carbons (Fsp3) is 0.188. The molecule has 1 amide bonds. The number of anilines is 1. The summed E-state index contributed by atoms with van der Waals surface area (Å²) < 4.78 is 5.57. The molecule has 1 unspecified atom stereocenters. The first-order valence-electron chi connectivity index (χ1n) is 6.67. The quantitative estimate of drug-likeness (QED) is 0.807. The predicted octanol–water partition coefficient (Wildman–Crippen LogP) is 2.35. The van der Waals surface area contributed by atoms with Crippen LogP contribution in [0.5, 0.6) is 11.5 Å². The van der Waals surface area contributed by atoms with E-state index in [2.05, 4.69) is 5.32 Å². The van der Waals surface area contributed by atoms with Gasteiger partial charge in [0.1, 0.15) is 18.1 Å². The first kappa shape index (κ1) is 13.3. The molecule has 3 rings (SSSR count). The van der Waals surface area contributed by atoms with Crippen LogP contribution in [0.25, 0.3) is 0 Å². The minimum Gasteiger partial charge on any atom is -0.508 e. The van der Waals surface area contributed by atoms with Crippen molar-refractivity contribution in [3.05, 3.63) is 53.1 Å². The minimum absolute atomic E-state index is 0.0127. The fourth-order valence-electron chi connectivity index (χ4n) is 2.48. The largest absolute Gasteiger partial charge is 0.508 e. The molecule has 0 fully saturated rings. The molecule has 5 heteroatoms. The lowest BCUT2D eigenvalue weighted by molar-refractivity contribution is 0.1000. The van der Waals surface area contributed by atoms with Gasteiger partial charge >= 0.3 is 0 Å². The second-order valence-corrected chi connectivity index (χ2v) is 5.12. The van der Waals surface area contributed by atoms with Crippen LogP contribution in [-0.2, 0) is 0 Å². The number of rotatable bonds is 3. The first-order valence-corrected chi connectivity index (χ1v) is 6.67. The van der Waals surface area contributed by atoms with E-state index in [0.717, 1.165) is 16.8 Å². The van der Waals surface area contributed by atoms with Crippen LogP contribution >= 0.6 is 0 Å². The Kier molecular flexibility index (Phi) is 3.17. The number of fused-ring (bicyclic) bond motifs is 1. The van der Waals surface area contributed by atoms with E-state index in [1.165, 1.54) is 0 Å². The highest BCUT2D eigenvalue weighted by atomic mass is 16.5. The standard InChI is InChI=1S/C16H16N2O3/c1-9-6-10(16(17)20)2-5-13(9)18-14-8-21-15-7-11(19)3-4-12(14)15/h2-7,14,18-19H,8H2,1H3,(H2,17,20). The van der Waals surface area contributed by atoms with Gasteiger partial charge < -0.3 is 20.9 Å². The molecule has 21 heavy (non-hydrogen) atoms. The summed E-state index contributed by atoms with van der Waals surface area (Å²) in [5.41, 5.74) is 8.64. The average Bonchev–Trinajstić information content (AvgIpc) is 2.83.